The molecule has 154 valence electrons. The van der Waals surface area contributed by atoms with Gasteiger partial charge in [0.1, 0.15) is 5.75 Å². The smallest absolute Gasteiger partial charge is 0.314 e. The topological polar surface area (TPSA) is 117 Å². The number of hydrogen-bond acceptors (Lipinski definition) is 4. The molecule has 0 saturated heterocycles. The van der Waals surface area contributed by atoms with Gasteiger partial charge in [-0.1, -0.05) is 24.3 Å². The minimum absolute atomic E-state index is 0.0880. The number of rotatable bonds is 10. The van der Waals surface area contributed by atoms with Crippen molar-refractivity contribution in [3.63, 3.8) is 0 Å². The number of urea groups is 1. The van der Waals surface area contributed by atoms with Crippen molar-refractivity contribution in [2.75, 3.05) is 25.0 Å². The van der Waals surface area contributed by atoms with E-state index in [9.17, 15) is 14.4 Å². The van der Waals surface area contributed by atoms with Crippen LogP contribution in [0.5, 0.6) is 5.75 Å². The molecule has 3 amide bonds. The third-order valence-electron chi connectivity index (χ3n) is 3.92. The lowest BCUT2D eigenvalue weighted by atomic mass is 10.1. The van der Waals surface area contributed by atoms with Crippen LogP contribution in [0.3, 0.4) is 0 Å². The second-order valence-electron chi connectivity index (χ2n) is 6.43. The summed E-state index contributed by atoms with van der Waals surface area (Å²) in [5.74, 6) is -0.620. The highest BCUT2D eigenvalue weighted by Gasteiger charge is 2.05. The summed E-state index contributed by atoms with van der Waals surface area (Å²) in [6.45, 7) is 2.36. The first-order valence-corrected chi connectivity index (χ1v) is 9.24. The Morgan fingerprint density at radius 3 is 2.41 bits per heavy atom. The summed E-state index contributed by atoms with van der Waals surface area (Å²) in [6.07, 6.45) is 0.498. The molecule has 0 saturated carbocycles. The number of hydrogen-bond donors (Lipinski definition) is 4. The van der Waals surface area contributed by atoms with Gasteiger partial charge in [0.05, 0.1) is 6.42 Å². The van der Waals surface area contributed by atoms with Gasteiger partial charge in [0, 0.05) is 18.8 Å². The molecule has 0 spiro atoms. The normalized spacial score (nSPS) is 10.1. The van der Waals surface area contributed by atoms with Crippen LogP contribution in [0.2, 0.25) is 0 Å². The van der Waals surface area contributed by atoms with E-state index >= 15 is 0 Å². The molecular weight excluding hydrogens is 374 g/mol. The summed E-state index contributed by atoms with van der Waals surface area (Å²) in [4.78, 5) is 33.8. The molecule has 8 nitrogen and oxygen atoms in total. The van der Waals surface area contributed by atoms with Crippen molar-refractivity contribution in [3.05, 3.63) is 59.7 Å². The van der Waals surface area contributed by atoms with Crippen molar-refractivity contribution < 1.29 is 24.2 Å². The maximum atomic E-state index is 12.0. The third-order valence-corrected chi connectivity index (χ3v) is 3.92. The Bertz CT molecular complexity index is 836. The Balaban J connectivity index is 1.67. The van der Waals surface area contributed by atoms with E-state index in [-0.39, 0.29) is 25.5 Å². The fourth-order valence-electron chi connectivity index (χ4n) is 2.49. The minimum Gasteiger partial charge on any atom is -0.484 e. The van der Waals surface area contributed by atoms with Gasteiger partial charge in [-0.3, -0.25) is 9.59 Å². The molecule has 2 aromatic carbocycles. The first kappa shape index (κ1) is 21.7. The molecule has 2 rings (SSSR count). The number of ether oxygens (including phenoxy) is 1. The van der Waals surface area contributed by atoms with Crippen molar-refractivity contribution >= 4 is 23.6 Å². The van der Waals surface area contributed by atoms with Gasteiger partial charge in [0.15, 0.2) is 6.61 Å². The number of aryl methyl sites for hydroxylation is 1. The van der Waals surface area contributed by atoms with E-state index in [0.29, 0.717) is 18.7 Å². The van der Waals surface area contributed by atoms with E-state index in [1.807, 2.05) is 43.3 Å². The number of carboxylic acids is 1. The lowest BCUT2D eigenvalue weighted by Gasteiger charge is -2.09. The molecule has 0 heterocycles. The zero-order chi connectivity index (χ0) is 21.1. The molecule has 4 N–H and O–H groups in total. The van der Waals surface area contributed by atoms with Gasteiger partial charge in [-0.2, -0.15) is 0 Å². The number of nitrogens with one attached hydrogen (secondary N) is 3. The molecule has 0 radical (unpaired) electrons. The van der Waals surface area contributed by atoms with Crippen molar-refractivity contribution in [2.24, 2.45) is 0 Å². The number of anilines is 1. The predicted molar refractivity (Wildman–Crippen MR) is 109 cm³/mol. The summed E-state index contributed by atoms with van der Waals surface area (Å²) in [5, 5.41) is 16.4. The van der Waals surface area contributed by atoms with Crippen LogP contribution in [0.15, 0.2) is 48.5 Å². The van der Waals surface area contributed by atoms with Gasteiger partial charge in [-0.05, 0) is 48.7 Å². The molecule has 29 heavy (non-hydrogen) atoms. The van der Waals surface area contributed by atoms with Gasteiger partial charge >= 0.3 is 12.0 Å². The summed E-state index contributed by atoms with van der Waals surface area (Å²) in [6, 6.07) is 14.4. The first-order chi connectivity index (χ1) is 13.9. The van der Waals surface area contributed by atoms with Crippen LogP contribution in [0, 0.1) is 6.92 Å². The Morgan fingerprint density at radius 1 is 1.00 bits per heavy atom. The van der Waals surface area contributed by atoms with Gasteiger partial charge < -0.3 is 25.8 Å². The van der Waals surface area contributed by atoms with Crippen molar-refractivity contribution in [3.8, 4) is 5.75 Å². The molecule has 8 heteroatoms. The molecule has 2 aromatic rings. The highest BCUT2D eigenvalue weighted by Crippen LogP contribution is 2.13. The highest BCUT2D eigenvalue weighted by molar-refractivity contribution is 5.91. The van der Waals surface area contributed by atoms with E-state index in [2.05, 4.69) is 16.0 Å². The van der Waals surface area contributed by atoms with Gasteiger partial charge in [-0.15, -0.1) is 0 Å². The van der Waals surface area contributed by atoms with Gasteiger partial charge in [0.2, 0.25) is 0 Å². The van der Waals surface area contributed by atoms with E-state index in [0.717, 1.165) is 16.8 Å². The minimum atomic E-state index is -0.958. The standard InChI is InChI=1S/C21H25N3O5/c1-15-3-2-4-17(13-15)24-19(25)14-29-18-7-5-16(6-8-18)9-11-22-21(28)23-12-10-20(26)27/h2-8,13H,9-12,14H2,1H3,(H,24,25)(H,26,27)(H2,22,23,28). The number of amides is 3. The molecule has 0 bridgehead atoms. The maximum absolute atomic E-state index is 12.0. The molecule has 0 fully saturated rings. The zero-order valence-corrected chi connectivity index (χ0v) is 16.2. The van der Waals surface area contributed by atoms with Gasteiger partial charge in [0.25, 0.3) is 5.91 Å². The van der Waals surface area contributed by atoms with Crippen LogP contribution in [0.25, 0.3) is 0 Å². The van der Waals surface area contributed by atoms with Crippen LogP contribution in [0.4, 0.5) is 10.5 Å². The van der Waals surface area contributed by atoms with Crippen LogP contribution in [-0.2, 0) is 16.0 Å². The van der Waals surface area contributed by atoms with E-state index < -0.39 is 12.0 Å². The Hall–Kier alpha value is -3.55. The van der Waals surface area contributed by atoms with Crippen molar-refractivity contribution in [1.82, 2.24) is 10.6 Å². The second-order valence-corrected chi connectivity index (χ2v) is 6.43. The molecule has 0 aliphatic rings. The summed E-state index contributed by atoms with van der Waals surface area (Å²) < 4.78 is 5.49. The molecule has 0 aliphatic carbocycles. The zero-order valence-electron chi connectivity index (χ0n) is 16.2. The Kier molecular flexibility index (Phi) is 8.50. The molecular formula is C21H25N3O5. The number of carboxylic acid groups (broad SMARTS) is 1. The molecule has 0 aromatic heterocycles. The highest BCUT2D eigenvalue weighted by atomic mass is 16.5. The van der Waals surface area contributed by atoms with Crippen molar-refractivity contribution in [1.29, 1.82) is 0 Å². The summed E-state index contributed by atoms with van der Waals surface area (Å²) >= 11 is 0. The first-order valence-electron chi connectivity index (χ1n) is 9.24. The van der Waals surface area contributed by atoms with Crippen molar-refractivity contribution in [2.45, 2.75) is 19.8 Å². The number of aliphatic carboxylic acids is 1. The largest absolute Gasteiger partial charge is 0.484 e. The SMILES string of the molecule is Cc1cccc(NC(=O)COc2ccc(CCNC(=O)NCCC(=O)O)cc2)c1. The lowest BCUT2D eigenvalue weighted by molar-refractivity contribution is -0.136. The van der Waals surface area contributed by atoms with Crippen LogP contribution in [0.1, 0.15) is 17.5 Å². The monoisotopic (exact) mass is 399 g/mol. The molecule has 0 atom stereocenters. The second kappa shape index (κ2) is 11.3. The van der Waals surface area contributed by atoms with Crippen LogP contribution in [-0.4, -0.2) is 42.7 Å². The number of carbonyl (C=O) groups excluding carboxylic acids is 2. The number of carbonyl (C=O) groups is 3. The quantitative estimate of drug-likeness (QED) is 0.489. The fourth-order valence-corrected chi connectivity index (χ4v) is 2.49. The van der Waals surface area contributed by atoms with Crippen LogP contribution < -0.4 is 20.7 Å². The molecule has 0 aliphatic heterocycles. The average Bonchev–Trinajstić information content (AvgIpc) is 2.67. The number of benzene rings is 2. The van der Waals surface area contributed by atoms with Gasteiger partial charge in [-0.25, -0.2) is 4.79 Å². The van der Waals surface area contributed by atoms with Crippen LogP contribution >= 0.6 is 0 Å². The van der Waals surface area contributed by atoms with E-state index in [4.69, 9.17) is 9.84 Å². The molecule has 0 unspecified atom stereocenters. The lowest BCUT2D eigenvalue weighted by Crippen LogP contribution is -2.37. The Labute approximate surface area is 169 Å². The third kappa shape index (κ3) is 8.79. The van der Waals surface area contributed by atoms with E-state index in [1.165, 1.54) is 0 Å². The Morgan fingerprint density at radius 2 is 1.72 bits per heavy atom. The summed E-state index contributed by atoms with van der Waals surface area (Å²) in [5.41, 5.74) is 2.78. The fraction of sp³-hybridized carbons (Fsp3) is 0.286. The maximum Gasteiger partial charge on any atom is 0.314 e. The average molecular weight is 399 g/mol. The van der Waals surface area contributed by atoms with E-state index in [1.54, 1.807) is 12.1 Å². The predicted octanol–water partition coefficient (Wildman–Crippen LogP) is 2.33. The summed E-state index contributed by atoms with van der Waals surface area (Å²) in [7, 11) is 0.